The number of ether oxygens (including phenoxy) is 6. The van der Waals surface area contributed by atoms with Crippen LogP contribution in [0.5, 0.6) is 0 Å². The molecule has 16 unspecified atom stereocenters. The number of furan rings is 4. The SMILES string of the molecule is COC1OC(CO)C(OC2OC(CO)C(OC)C(O)C2O)C(O)C1O.O=C(c1ccco1)C(O)c1ccco1.O=Cc1ccc(CO)o1.O=Cc1ccco1.OCC1OC(O)C(O)C(O)C1O. The zero-order valence-electron chi connectivity index (χ0n) is 35.7. The maximum Gasteiger partial charge on any atom is 0.234 e. The lowest BCUT2D eigenvalue weighted by Gasteiger charge is -2.46. The molecule has 0 saturated carbocycles. The molecule has 3 fully saturated rings. The van der Waals surface area contributed by atoms with Crippen molar-refractivity contribution in [1.29, 1.82) is 0 Å². The van der Waals surface area contributed by atoms with Crippen molar-refractivity contribution in [2.45, 2.75) is 105 Å². The molecule has 67 heavy (non-hydrogen) atoms. The second kappa shape index (κ2) is 28.6. The Labute approximate surface area is 379 Å². The highest BCUT2D eigenvalue weighted by atomic mass is 16.7. The van der Waals surface area contributed by atoms with E-state index in [2.05, 4.69) is 9.15 Å². The number of ketones is 1. The summed E-state index contributed by atoms with van der Waals surface area (Å²) >= 11 is 0. The van der Waals surface area contributed by atoms with Crippen LogP contribution in [0.25, 0.3) is 0 Å². The lowest BCUT2D eigenvalue weighted by atomic mass is 9.97. The zero-order chi connectivity index (χ0) is 49.8. The number of aldehydes is 2. The van der Waals surface area contributed by atoms with Crippen LogP contribution < -0.4 is 0 Å². The van der Waals surface area contributed by atoms with Gasteiger partial charge in [0.25, 0.3) is 0 Å². The van der Waals surface area contributed by atoms with Crippen LogP contribution in [0, 0.1) is 0 Å². The van der Waals surface area contributed by atoms with Crippen molar-refractivity contribution in [3.05, 3.63) is 96.1 Å². The predicted molar refractivity (Wildman–Crippen MR) is 215 cm³/mol. The molecule has 0 aromatic carbocycles. The van der Waals surface area contributed by atoms with Gasteiger partial charge in [0.15, 0.2) is 54.8 Å². The molecule has 0 radical (unpaired) electrons. The summed E-state index contributed by atoms with van der Waals surface area (Å²) in [7, 11) is 2.55. The maximum atomic E-state index is 11.5. The average molecular weight is 965 g/mol. The van der Waals surface area contributed by atoms with Crippen LogP contribution in [-0.2, 0) is 35.0 Å². The number of aliphatic hydroxyl groups excluding tert-OH is 13. The van der Waals surface area contributed by atoms with Crippen LogP contribution in [0.2, 0.25) is 0 Å². The molecule has 26 heteroatoms. The number of methoxy groups -OCH3 is 2. The van der Waals surface area contributed by atoms with Gasteiger partial charge in [-0.3, -0.25) is 14.4 Å². The summed E-state index contributed by atoms with van der Waals surface area (Å²) in [6.07, 6.45) is -15.8. The quantitative estimate of drug-likeness (QED) is 0.0451. The topological polar surface area (TPSA) is 422 Å². The van der Waals surface area contributed by atoms with Crippen LogP contribution in [0.1, 0.15) is 49.3 Å². The molecule has 0 aliphatic carbocycles. The summed E-state index contributed by atoms with van der Waals surface area (Å²) in [5.41, 5.74) is 0. The highest BCUT2D eigenvalue weighted by Crippen LogP contribution is 2.30. The van der Waals surface area contributed by atoms with Crippen molar-refractivity contribution in [3.8, 4) is 0 Å². The molecule has 16 atom stereocenters. The van der Waals surface area contributed by atoms with Gasteiger partial charge in [-0.1, -0.05) is 0 Å². The normalized spacial score (nSPS) is 31.7. The number of hydrogen-bond donors (Lipinski definition) is 13. The minimum absolute atomic E-state index is 0.119. The third-order valence-corrected chi connectivity index (χ3v) is 9.74. The molecule has 3 saturated heterocycles. The van der Waals surface area contributed by atoms with Gasteiger partial charge in [0.1, 0.15) is 91.4 Å². The van der Waals surface area contributed by atoms with E-state index in [1.165, 1.54) is 51.2 Å². The Balaban J connectivity index is 0.000000240. The van der Waals surface area contributed by atoms with Gasteiger partial charge in [0.05, 0.1) is 38.6 Å². The monoisotopic (exact) mass is 964 g/mol. The molecule has 3 aliphatic rings. The van der Waals surface area contributed by atoms with E-state index in [4.69, 9.17) is 67.6 Å². The molecule has 13 N–H and O–H groups in total. The molecule has 7 heterocycles. The lowest BCUT2D eigenvalue weighted by molar-refractivity contribution is -0.358. The van der Waals surface area contributed by atoms with Gasteiger partial charge in [-0.05, 0) is 48.5 Å². The molecule has 3 aliphatic heterocycles. The number of hydrogen-bond acceptors (Lipinski definition) is 26. The van der Waals surface area contributed by atoms with E-state index in [1.54, 1.807) is 30.3 Å². The van der Waals surface area contributed by atoms with Crippen molar-refractivity contribution in [2.24, 2.45) is 0 Å². The number of carbonyl (C=O) groups is 3. The van der Waals surface area contributed by atoms with Crippen molar-refractivity contribution in [2.75, 3.05) is 34.0 Å². The molecule has 0 spiro atoms. The van der Waals surface area contributed by atoms with Crippen LogP contribution in [-0.4, -0.2) is 211 Å². The van der Waals surface area contributed by atoms with Crippen molar-refractivity contribution in [1.82, 2.24) is 0 Å². The van der Waals surface area contributed by atoms with E-state index in [0.717, 1.165) is 0 Å². The first-order valence-electron chi connectivity index (χ1n) is 19.9. The second-order valence-corrected chi connectivity index (χ2v) is 14.1. The Morgan fingerprint density at radius 3 is 1.64 bits per heavy atom. The first kappa shape index (κ1) is 56.7. The third kappa shape index (κ3) is 15.7. The van der Waals surface area contributed by atoms with Gasteiger partial charge in [-0.25, -0.2) is 0 Å². The zero-order valence-corrected chi connectivity index (χ0v) is 35.7. The minimum atomic E-state index is -1.57. The standard InChI is InChI=1S/C14H26O11.C10H8O4.C6H12O6.C6H6O3.C5H4O2/c1-21-11-5(3-15)24-14(10(20)7(11)17)25-12-6(4-16)23-13(22-2)9(19)8(12)18;11-9(7-3-1-5-13-7)10(12)8-4-2-6-14-8;7-1-2-3(8)4(9)5(10)6(11)12-2;7-3-5-1-2-6(4-8)9-5;6-4-5-2-1-3-7-5/h5-20H,3-4H2,1-2H3;1-6,9,11H;2-11H,1H2;1-3,8H,4H2;1-4H. The van der Waals surface area contributed by atoms with E-state index >= 15 is 0 Å². The lowest BCUT2D eigenvalue weighted by Crippen LogP contribution is -2.64. The van der Waals surface area contributed by atoms with Crippen molar-refractivity contribution in [3.63, 3.8) is 0 Å². The molecule has 26 nitrogen and oxygen atoms in total. The molecule has 0 amide bonds. The van der Waals surface area contributed by atoms with Crippen LogP contribution >= 0.6 is 0 Å². The molecule has 7 rings (SSSR count). The number of rotatable bonds is 13. The molecule has 376 valence electrons. The summed E-state index contributed by atoms with van der Waals surface area (Å²) in [5.74, 6) is 0.862. The fourth-order valence-electron chi connectivity index (χ4n) is 6.14. The fourth-order valence-corrected chi connectivity index (χ4v) is 6.14. The van der Waals surface area contributed by atoms with Gasteiger partial charge in [0.2, 0.25) is 5.78 Å². The number of carbonyl (C=O) groups excluding carboxylic acids is 3. The highest BCUT2D eigenvalue weighted by Gasteiger charge is 2.51. The Hall–Kier alpha value is -4.63. The van der Waals surface area contributed by atoms with E-state index in [-0.39, 0.29) is 23.9 Å². The van der Waals surface area contributed by atoms with E-state index in [1.807, 2.05) is 0 Å². The third-order valence-electron chi connectivity index (χ3n) is 9.74. The van der Waals surface area contributed by atoms with Gasteiger partial charge in [0, 0.05) is 14.2 Å². The Morgan fingerprint density at radius 1 is 0.597 bits per heavy atom. The maximum absolute atomic E-state index is 11.5. The van der Waals surface area contributed by atoms with E-state index in [0.29, 0.717) is 24.1 Å². The predicted octanol–water partition coefficient (Wildman–Crippen LogP) is -3.84. The van der Waals surface area contributed by atoms with Gasteiger partial charge >= 0.3 is 0 Å². The van der Waals surface area contributed by atoms with E-state index in [9.17, 15) is 50.1 Å². The Bertz CT molecular complexity index is 1910. The van der Waals surface area contributed by atoms with E-state index < -0.39 is 124 Å². The van der Waals surface area contributed by atoms with Gasteiger partial charge < -0.3 is 112 Å². The Morgan fingerprint density at radius 2 is 1.16 bits per heavy atom. The first-order valence-corrected chi connectivity index (χ1v) is 19.9. The second-order valence-electron chi connectivity index (χ2n) is 14.1. The minimum Gasteiger partial charge on any atom is -0.466 e. The first-order chi connectivity index (χ1) is 32.0. The summed E-state index contributed by atoms with van der Waals surface area (Å²) in [6.45, 7) is -1.76. The van der Waals surface area contributed by atoms with Crippen LogP contribution in [0.4, 0.5) is 0 Å². The molecular formula is C41H56O26. The number of aliphatic hydroxyl groups is 13. The van der Waals surface area contributed by atoms with Gasteiger partial charge in [-0.2, -0.15) is 0 Å². The molecule has 4 aromatic heterocycles. The van der Waals surface area contributed by atoms with Gasteiger partial charge in [-0.15, -0.1) is 0 Å². The molecule has 0 bridgehead atoms. The smallest absolute Gasteiger partial charge is 0.234 e. The fraction of sp³-hybridized carbons (Fsp3) is 0.537. The average Bonchev–Trinajstić information content (AvgIpc) is 4.22. The summed E-state index contributed by atoms with van der Waals surface area (Å²) in [5, 5.41) is 122. The molecular weight excluding hydrogens is 908 g/mol. The summed E-state index contributed by atoms with van der Waals surface area (Å²) < 4.78 is 49.8. The molecule has 4 aromatic rings. The largest absolute Gasteiger partial charge is 0.466 e. The van der Waals surface area contributed by atoms with Crippen molar-refractivity contribution >= 4 is 18.4 Å². The van der Waals surface area contributed by atoms with Crippen LogP contribution in [0.3, 0.4) is 0 Å². The Kier molecular flexibility index (Phi) is 24.2. The van der Waals surface area contributed by atoms with Crippen molar-refractivity contribution < 1.29 is 127 Å². The number of Topliss-reactive ketones (excluding diaryl/α,β-unsaturated/α-hetero) is 1. The van der Waals surface area contributed by atoms with Crippen LogP contribution in [0.15, 0.2) is 85.0 Å². The summed E-state index contributed by atoms with van der Waals surface area (Å²) in [6, 6.07) is 12.6. The summed E-state index contributed by atoms with van der Waals surface area (Å²) in [4.78, 5) is 31.2. The highest BCUT2D eigenvalue weighted by molar-refractivity contribution is 5.97.